The number of anilines is 1. The van der Waals surface area contributed by atoms with Crippen LogP contribution in [0.3, 0.4) is 0 Å². The summed E-state index contributed by atoms with van der Waals surface area (Å²) in [5.41, 5.74) is 0.884. The van der Waals surface area contributed by atoms with Gasteiger partial charge in [-0.25, -0.2) is 8.78 Å². The lowest BCUT2D eigenvalue weighted by molar-refractivity contribution is -0.139. The number of amides is 2. The minimum atomic E-state index is -2.32. The molecule has 3 aromatic rings. The van der Waals surface area contributed by atoms with Gasteiger partial charge in [-0.15, -0.1) is 0 Å². The third-order valence-electron chi connectivity index (χ3n) is 6.92. The van der Waals surface area contributed by atoms with Crippen molar-refractivity contribution in [2.75, 3.05) is 19.0 Å². The summed E-state index contributed by atoms with van der Waals surface area (Å²) in [6, 6.07) is 8.20. The van der Waals surface area contributed by atoms with Crippen LogP contribution in [0.25, 0.3) is 0 Å². The quantitative estimate of drug-likeness (QED) is 0.456. The van der Waals surface area contributed by atoms with Crippen molar-refractivity contribution < 1.29 is 27.6 Å². The number of fused-ring (bicyclic) bond motifs is 1. The molecule has 37 heavy (non-hydrogen) atoms. The number of hydrogen-bond acceptors (Lipinski definition) is 5. The number of H-pyrrole nitrogens is 1. The van der Waals surface area contributed by atoms with Crippen molar-refractivity contribution in [3.8, 4) is 5.75 Å². The van der Waals surface area contributed by atoms with Crippen LogP contribution < -0.4 is 20.8 Å². The number of nitrogens with zero attached hydrogens (tertiary/aromatic N) is 1. The molecule has 4 rings (SSSR count). The highest BCUT2D eigenvalue weighted by Gasteiger charge is 2.37. The largest absolute Gasteiger partial charge is 0.497 e. The molecular weight excluding hydrogens is 500 g/mol. The Balaban J connectivity index is 1.68. The van der Waals surface area contributed by atoms with Gasteiger partial charge in [0.1, 0.15) is 29.2 Å². The fourth-order valence-electron chi connectivity index (χ4n) is 4.62. The number of benzene rings is 2. The zero-order valence-corrected chi connectivity index (χ0v) is 22.1. The normalized spacial score (nSPS) is 15.3. The summed E-state index contributed by atoms with van der Waals surface area (Å²) < 4.78 is 40.3. The maximum Gasteiger partial charge on any atom is 0.280 e. The highest BCUT2D eigenvalue weighted by Crippen LogP contribution is 2.34. The second-order valence-electron chi connectivity index (χ2n) is 9.70. The number of ether oxygens (including phenoxy) is 1. The first-order valence-electron chi connectivity index (χ1n) is 12.0. The minimum Gasteiger partial charge on any atom is -0.497 e. The fraction of sp³-hybridized carbons (Fsp3) is 0.346. The molecular formula is C26H29F2N3O5Si. The number of methoxy groups -OCH3 is 1. The summed E-state index contributed by atoms with van der Waals surface area (Å²) in [6.07, 6.45) is 0.233. The van der Waals surface area contributed by atoms with Crippen LogP contribution in [-0.4, -0.2) is 43.6 Å². The predicted molar refractivity (Wildman–Crippen MR) is 137 cm³/mol. The van der Waals surface area contributed by atoms with Gasteiger partial charge in [0.15, 0.2) is 0 Å². The van der Waals surface area contributed by atoms with E-state index in [1.54, 1.807) is 18.2 Å². The van der Waals surface area contributed by atoms with Gasteiger partial charge in [0.25, 0.3) is 11.5 Å². The van der Waals surface area contributed by atoms with Crippen LogP contribution in [0.1, 0.15) is 29.9 Å². The molecule has 1 atom stereocenters. The van der Waals surface area contributed by atoms with Crippen LogP contribution in [0.15, 0.2) is 45.7 Å². The Bertz CT molecular complexity index is 1380. The highest BCUT2D eigenvalue weighted by atomic mass is 28.3. The average molecular weight is 530 g/mol. The molecule has 0 spiro atoms. The zero-order chi connectivity index (χ0) is 26.9. The van der Waals surface area contributed by atoms with Gasteiger partial charge in [0.2, 0.25) is 5.91 Å². The van der Waals surface area contributed by atoms with E-state index in [9.17, 15) is 23.2 Å². The molecule has 11 heteroatoms. The number of aromatic amines is 1. The number of aromatic nitrogens is 1. The summed E-state index contributed by atoms with van der Waals surface area (Å²) in [4.78, 5) is 39.5. The number of carbonyl (C=O) groups is 2. The van der Waals surface area contributed by atoms with Crippen molar-refractivity contribution in [2.24, 2.45) is 0 Å². The van der Waals surface area contributed by atoms with E-state index in [-0.39, 0.29) is 29.6 Å². The number of halogens is 2. The van der Waals surface area contributed by atoms with Crippen molar-refractivity contribution in [1.29, 1.82) is 0 Å². The molecule has 0 bridgehead atoms. The van der Waals surface area contributed by atoms with E-state index >= 15 is 0 Å². The van der Waals surface area contributed by atoms with Crippen LogP contribution in [-0.2, 0) is 22.4 Å². The Kier molecular flexibility index (Phi) is 7.35. The molecule has 1 unspecified atom stereocenters. The lowest BCUT2D eigenvalue weighted by atomic mass is 9.91. The fourth-order valence-corrected chi connectivity index (χ4v) is 6.41. The molecule has 0 saturated heterocycles. The summed E-state index contributed by atoms with van der Waals surface area (Å²) in [5.74, 6) is -1.70. The minimum absolute atomic E-state index is 0.0330. The number of carbonyl (C=O) groups excluding carboxylic acids is 2. The van der Waals surface area contributed by atoms with Crippen molar-refractivity contribution >= 4 is 30.8 Å². The summed E-state index contributed by atoms with van der Waals surface area (Å²) in [5, 5.41) is 4.83. The topological polar surface area (TPSA) is 105 Å². The van der Waals surface area contributed by atoms with Crippen LogP contribution >= 0.6 is 0 Å². The lowest BCUT2D eigenvalue weighted by Crippen LogP contribution is -2.46. The smallest absolute Gasteiger partial charge is 0.280 e. The van der Waals surface area contributed by atoms with Gasteiger partial charge in [-0.1, -0.05) is 32.1 Å². The predicted octanol–water partition coefficient (Wildman–Crippen LogP) is 3.50. The first kappa shape index (κ1) is 26.3. The summed E-state index contributed by atoms with van der Waals surface area (Å²) >= 11 is 0. The molecule has 8 nitrogen and oxygen atoms in total. The van der Waals surface area contributed by atoms with Gasteiger partial charge in [-0.3, -0.25) is 14.4 Å². The SMILES string of the molecule is CC[Si](C)(C)c1c(F)cc(NC(=O)C2c3ccc(OC)cc3CCN2C(=O)Cc2cc(=O)[nH]o2)cc1F. The number of hydrogen-bond donors (Lipinski definition) is 2. The maximum atomic E-state index is 15.0. The molecule has 0 fully saturated rings. The van der Waals surface area contributed by atoms with E-state index in [1.165, 1.54) is 18.1 Å². The van der Waals surface area contributed by atoms with E-state index in [4.69, 9.17) is 9.26 Å². The van der Waals surface area contributed by atoms with Crippen molar-refractivity contribution in [1.82, 2.24) is 10.1 Å². The van der Waals surface area contributed by atoms with Gasteiger partial charge in [-0.05, 0) is 41.8 Å². The van der Waals surface area contributed by atoms with Crippen LogP contribution in [0.5, 0.6) is 5.75 Å². The molecule has 0 aliphatic carbocycles. The van der Waals surface area contributed by atoms with E-state index in [2.05, 4.69) is 10.5 Å². The number of nitrogens with one attached hydrogen (secondary N) is 2. The number of rotatable bonds is 7. The molecule has 196 valence electrons. The summed E-state index contributed by atoms with van der Waals surface area (Å²) in [6.45, 7) is 5.89. The Morgan fingerprint density at radius 2 is 1.89 bits per heavy atom. The second-order valence-corrected chi connectivity index (χ2v) is 14.7. The van der Waals surface area contributed by atoms with Crippen molar-refractivity contribution in [3.63, 3.8) is 0 Å². The summed E-state index contributed by atoms with van der Waals surface area (Å²) in [7, 11) is -0.784. The van der Waals surface area contributed by atoms with Crippen molar-refractivity contribution in [2.45, 2.75) is 44.9 Å². The Morgan fingerprint density at radius 3 is 2.49 bits per heavy atom. The average Bonchev–Trinajstić information content (AvgIpc) is 3.26. The monoisotopic (exact) mass is 529 g/mol. The van der Waals surface area contributed by atoms with Gasteiger partial charge < -0.3 is 19.5 Å². The molecule has 0 saturated carbocycles. The van der Waals surface area contributed by atoms with E-state index in [0.29, 0.717) is 23.8 Å². The Labute approximate surface area is 213 Å². The standard InChI is InChI=1S/C26H29F2N3O5Si/c1-5-37(3,4)25-20(27)11-16(12-21(25)28)29-26(34)24-19-7-6-17(35-2)10-15(19)8-9-31(24)23(33)14-18-13-22(32)30-36-18/h6-7,10-13,24H,5,8-9,14H2,1-4H3,(H,29,34)(H,30,32). The molecule has 2 amide bonds. The molecule has 1 aromatic heterocycles. The van der Waals surface area contributed by atoms with Crippen LogP contribution in [0.4, 0.5) is 14.5 Å². The van der Waals surface area contributed by atoms with E-state index in [0.717, 1.165) is 17.7 Å². The van der Waals surface area contributed by atoms with Gasteiger partial charge in [-0.2, -0.15) is 5.16 Å². The molecule has 2 N–H and O–H groups in total. The first-order chi connectivity index (χ1) is 17.5. The molecule has 1 aliphatic heterocycles. The molecule has 1 aliphatic rings. The zero-order valence-electron chi connectivity index (χ0n) is 21.1. The Hall–Kier alpha value is -3.73. The lowest BCUT2D eigenvalue weighted by Gasteiger charge is -2.36. The molecule has 2 aromatic carbocycles. The maximum absolute atomic E-state index is 15.0. The third-order valence-corrected chi connectivity index (χ3v) is 10.5. The third kappa shape index (κ3) is 5.36. The highest BCUT2D eigenvalue weighted by molar-refractivity contribution is 6.89. The Morgan fingerprint density at radius 1 is 1.19 bits per heavy atom. The molecule has 2 heterocycles. The van der Waals surface area contributed by atoms with Crippen molar-refractivity contribution in [3.05, 3.63) is 75.3 Å². The van der Waals surface area contributed by atoms with E-state index in [1.807, 2.05) is 20.0 Å². The first-order valence-corrected chi connectivity index (χ1v) is 15.2. The van der Waals surface area contributed by atoms with Gasteiger partial charge in [0.05, 0.1) is 21.6 Å². The van der Waals surface area contributed by atoms with E-state index < -0.39 is 43.1 Å². The van der Waals surface area contributed by atoms with Crippen LogP contribution in [0.2, 0.25) is 19.1 Å². The molecule has 0 radical (unpaired) electrons. The second kappa shape index (κ2) is 10.3. The van der Waals surface area contributed by atoms with Gasteiger partial charge in [0, 0.05) is 23.5 Å². The van der Waals surface area contributed by atoms with Crippen LogP contribution in [0, 0.1) is 11.6 Å². The van der Waals surface area contributed by atoms with Gasteiger partial charge >= 0.3 is 0 Å².